The molecule has 0 spiro atoms. The Hall–Kier alpha value is -2.00. The number of benzene rings is 2. The normalized spacial score (nSPS) is 16.8. The molecule has 2 aliphatic rings. The van der Waals surface area contributed by atoms with Gasteiger partial charge in [0.05, 0.1) is 11.4 Å². The van der Waals surface area contributed by atoms with Gasteiger partial charge in [-0.05, 0) is 68.6 Å². The number of rotatable bonds is 5. The molecule has 7 nitrogen and oxygen atoms in total. The zero-order chi connectivity index (χ0) is 21.5. The van der Waals surface area contributed by atoms with Crippen LogP contribution in [0.3, 0.4) is 0 Å². The summed E-state index contributed by atoms with van der Waals surface area (Å²) in [5, 5.41) is 6.99. The van der Waals surface area contributed by atoms with Crippen LogP contribution in [0.5, 0.6) is 11.5 Å². The van der Waals surface area contributed by atoms with Crippen molar-refractivity contribution in [2.75, 3.05) is 39.3 Å². The molecule has 162 valence electrons. The number of halogens is 1. The van der Waals surface area contributed by atoms with E-state index < -0.39 is 10.0 Å². The molecule has 2 aromatic rings. The molecule has 1 saturated heterocycles. The molecule has 0 radical (unpaired) electrons. The summed E-state index contributed by atoms with van der Waals surface area (Å²) < 4.78 is 38.5. The fraction of sp³-hybridized carbons (Fsp3) is 0.429. The van der Waals surface area contributed by atoms with Crippen LogP contribution in [0.2, 0.25) is 5.02 Å². The van der Waals surface area contributed by atoms with E-state index in [2.05, 4.69) is 17.6 Å². The maximum Gasteiger partial charge on any atom is 0.244 e. The third-order valence-electron chi connectivity index (χ3n) is 5.61. The van der Waals surface area contributed by atoms with Crippen LogP contribution in [0.25, 0.3) is 0 Å². The molecule has 4 rings (SSSR count). The van der Waals surface area contributed by atoms with Gasteiger partial charge < -0.3 is 20.1 Å². The molecule has 2 N–H and O–H groups in total. The summed E-state index contributed by atoms with van der Waals surface area (Å²) in [7, 11) is -0.707. The first-order chi connectivity index (χ1) is 14.3. The third kappa shape index (κ3) is 3.85. The third-order valence-corrected chi connectivity index (χ3v) is 7.70. The van der Waals surface area contributed by atoms with Gasteiger partial charge in [0, 0.05) is 24.7 Å². The molecule has 0 aliphatic carbocycles. The van der Waals surface area contributed by atoms with Gasteiger partial charge in [0.25, 0.3) is 0 Å². The Morgan fingerprint density at radius 2 is 1.80 bits per heavy atom. The average Bonchev–Trinajstić information content (AvgIpc) is 3.19. The largest absolute Gasteiger partial charge is 0.453 e. The molecule has 2 aromatic carbocycles. The van der Waals surface area contributed by atoms with E-state index in [1.807, 2.05) is 6.07 Å². The van der Waals surface area contributed by atoms with Gasteiger partial charge in [0.15, 0.2) is 11.5 Å². The number of nitrogens with one attached hydrogen (secondary N) is 2. The minimum Gasteiger partial charge on any atom is -0.453 e. The topological polar surface area (TPSA) is 79.9 Å². The fourth-order valence-corrected chi connectivity index (χ4v) is 5.39. The quantitative estimate of drug-likeness (QED) is 0.719. The molecule has 0 unspecified atom stereocenters. The lowest BCUT2D eigenvalue weighted by Crippen LogP contribution is -2.27. The predicted molar refractivity (Wildman–Crippen MR) is 118 cm³/mol. The predicted octanol–water partition coefficient (Wildman–Crippen LogP) is 3.84. The van der Waals surface area contributed by atoms with Crippen molar-refractivity contribution in [3.63, 3.8) is 0 Å². The van der Waals surface area contributed by atoms with E-state index >= 15 is 0 Å². The molecule has 1 fully saturated rings. The van der Waals surface area contributed by atoms with Gasteiger partial charge in [-0.2, -0.15) is 0 Å². The number of fused-ring (bicyclic) bond motifs is 1. The Balaban J connectivity index is 1.77. The Kier molecular flexibility index (Phi) is 5.85. The van der Waals surface area contributed by atoms with Crippen LogP contribution in [0, 0.1) is 6.92 Å². The summed E-state index contributed by atoms with van der Waals surface area (Å²) in [6.45, 7) is 4.17. The standard InChI is InChI=1S/C21H26ClN3O4S/c1-13-10-17(20-21(29-12-28-20)19(13)14-6-8-23-9-7-14)24-16-5-4-15(22)11-18(16)30(26,27)25(2)3/h4-5,10-11,14,23-24H,6-9,12H2,1-3H3. The zero-order valence-electron chi connectivity index (χ0n) is 17.3. The van der Waals surface area contributed by atoms with Crippen molar-refractivity contribution in [3.05, 3.63) is 40.4 Å². The SMILES string of the molecule is Cc1cc(Nc2ccc(Cl)cc2S(=O)(=O)N(C)C)c2c(c1C1CCNCC1)OCO2. The number of sulfonamides is 1. The molecular weight excluding hydrogens is 426 g/mol. The van der Waals surface area contributed by atoms with Crippen LogP contribution in [-0.4, -0.2) is 46.7 Å². The second-order valence-corrected chi connectivity index (χ2v) is 10.4. The summed E-state index contributed by atoms with van der Waals surface area (Å²) in [6, 6.07) is 6.78. The van der Waals surface area contributed by atoms with Gasteiger partial charge in [0.2, 0.25) is 16.8 Å². The average molecular weight is 452 g/mol. The molecule has 0 aromatic heterocycles. The lowest BCUT2D eigenvalue weighted by atomic mass is 9.86. The molecular formula is C21H26ClN3O4S. The van der Waals surface area contributed by atoms with Crippen LogP contribution >= 0.6 is 11.6 Å². The van der Waals surface area contributed by atoms with E-state index in [4.69, 9.17) is 21.1 Å². The van der Waals surface area contributed by atoms with Gasteiger partial charge >= 0.3 is 0 Å². The Bertz CT molecular complexity index is 1070. The van der Waals surface area contributed by atoms with Crippen molar-refractivity contribution in [1.29, 1.82) is 0 Å². The maximum absolute atomic E-state index is 12.8. The van der Waals surface area contributed by atoms with Crippen LogP contribution in [0.1, 0.15) is 29.9 Å². The number of hydrogen-bond acceptors (Lipinski definition) is 6. The van der Waals surface area contributed by atoms with E-state index in [0.717, 1.165) is 37.2 Å². The maximum atomic E-state index is 12.8. The second kappa shape index (κ2) is 8.26. The first-order valence-corrected chi connectivity index (χ1v) is 11.7. The van der Waals surface area contributed by atoms with E-state index in [1.165, 1.54) is 30.0 Å². The van der Waals surface area contributed by atoms with Crippen LogP contribution in [0.4, 0.5) is 11.4 Å². The first-order valence-electron chi connectivity index (χ1n) is 9.92. The summed E-state index contributed by atoms with van der Waals surface area (Å²) in [6.07, 6.45) is 2.09. The summed E-state index contributed by atoms with van der Waals surface area (Å²) >= 11 is 6.10. The number of anilines is 2. The summed E-state index contributed by atoms with van der Waals surface area (Å²) in [5.74, 6) is 1.80. The lowest BCUT2D eigenvalue weighted by Gasteiger charge is -2.26. The second-order valence-electron chi connectivity index (χ2n) is 7.80. The van der Waals surface area contributed by atoms with Crippen LogP contribution < -0.4 is 20.1 Å². The van der Waals surface area contributed by atoms with Gasteiger partial charge in [0.1, 0.15) is 4.90 Å². The van der Waals surface area contributed by atoms with Gasteiger partial charge in [-0.3, -0.25) is 0 Å². The van der Waals surface area contributed by atoms with Crippen molar-refractivity contribution >= 4 is 33.0 Å². The van der Waals surface area contributed by atoms with Crippen molar-refractivity contribution in [1.82, 2.24) is 9.62 Å². The first kappa shape index (κ1) is 21.2. The molecule has 0 saturated carbocycles. The number of aryl methyl sites for hydroxylation is 1. The Morgan fingerprint density at radius 1 is 1.10 bits per heavy atom. The molecule has 0 amide bonds. The van der Waals surface area contributed by atoms with E-state index in [1.54, 1.807) is 12.1 Å². The molecule has 9 heteroatoms. The minimum absolute atomic E-state index is 0.104. The number of ether oxygens (including phenoxy) is 2. The number of hydrogen-bond donors (Lipinski definition) is 2. The fourth-order valence-electron chi connectivity index (χ4n) is 4.08. The Labute approximate surface area is 182 Å². The van der Waals surface area contributed by atoms with Gasteiger partial charge in [-0.1, -0.05) is 11.6 Å². The minimum atomic E-state index is -3.69. The van der Waals surface area contributed by atoms with Crippen molar-refractivity contribution < 1.29 is 17.9 Å². The van der Waals surface area contributed by atoms with Crippen molar-refractivity contribution in [2.45, 2.75) is 30.6 Å². The van der Waals surface area contributed by atoms with Gasteiger partial charge in [-0.25, -0.2) is 12.7 Å². The van der Waals surface area contributed by atoms with Gasteiger partial charge in [-0.15, -0.1) is 0 Å². The van der Waals surface area contributed by atoms with E-state index in [9.17, 15) is 8.42 Å². The highest BCUT2D eigenvalue weighted by molar-refractivity contribution is 7.89. The van der Waals surface area contributed by atoms with Crippen molar-refractivity contribution in [2.24, 2.45) is 0 Å². The molecule has 2 aliphatic heterocycles. The number of piperidine rings is 1. The Morgan fingerprint density at radius 3 is 2.50 bits per heavy atom. The molecule has 0 atom stereocenters. The lowest BCUT2D eigenvalue weighted by molar-refractivity contribution is 0.173. The molecule has 0 bridgehead atoms. The van der Waals surface area contributed by atoms with E-state index in [0.29, 0.717) is 28.1 Å². The molecule has 2 heterocycles. The smallest absolute Gasteiger partial charge is 0.244 e. The number of nitrogens with zero attached hydrogens (tertiary/aromatic N) is 1. The molecule has 30 heavy (non-hydrogen) atoms. The van der Waals surface area contributed by atoms with Crippen LogP contribution in [-0.2, 0) is 10.0 Å². The zero-order valence-corrected chi connectivity index (χ0v) is 18.9. The van der Waals surface area contributed by atoms with Crippen molar-refractivity contribution in [3.8, 4) is 11.5 Å². The van der Waals surface area contributed by atoms with Crippen LogP contribution in [0.15, 0.2) is 29.2 Å². The highest BCUT2D eigenvalue weighted by Crippen LogP contribution is 2.49. The monoisotopic (exact) mass is 451 g/mol. The summed E-state index contributed by atoms with van der Waals surface area (Å²) in [4.78, 5) is 0.104. The highest BCUT2D eigenvalue weighted by atomic mass is 35.5. The van der Waals surface area contributed by atoms with E-state index in [-0.39, 0.29) is 11.7 Å². The summed E-state index contributed by atoms with van der Waals surface area (Å²) in [5.41, 5.74) is 3.39. The highest BCUT2D eigenvalue weighted by Gasteiger charge is 2.30.